The number of nitrogens with zero attached hydrogens (tertiary/aromatic N) is 7. The molecule has 1 aromatic carbocycles. The number of carbonyl (C=O) groups is 1. The number of benzene rings is 1. The van der Waals surface area contributed by atoms with Crippen molar-refractivity contribution >= 4 is 34.4 Å². The predicted molar refractivity (Wildman–Crippen MR) is 158 cm³/mol. The molecule has 0 saturated heterocycles. The molecule has 0 saturated carbocycles. The third-order valence-corrected chi connectivity index (χ3v) is 8.07. The Morgan fingerprint density at radius 3 is 2.83 bits per heavy atom. The van der Waals surface area contributed by atoms with Crippen molar-refractivity contribution in [1.29, 1.82) is 0 Å². The molecule has 12 nitrogen and oxygen atoms in total. The molecule has 42 heavy (non-hydrogen) atoms. The summed E-state index contributed by atoms with van der Waals surface area (Å²) in [5.74, 6) is 1.16. The van der Waals surface area contributed by atoms with E-state index < -0.39 is 6.10 Å². The van der Waals surface area contributed by atoms with Gasteiger partial charge in [0.15, 0.2) is 29.6 Å². The number of nitrogens with one attached hydrogen (secondary N) is 1. The number of fused-ring (bicyclic) bond motifs is 6. The number of aliphatic hydroxyl groups is 1. The van der Waals surface area contributed by atoms with Gasteiger partial charge in [-0.05, 0) is 48.9 Å². The monoisotopic (exact) mass is 568 g/mol. The number of amides is 1. The summed E-state index contributed by atoms with van der Waals surface area (Å²) in [5.41, 5.74) is 3.59. The number of likely N-dealkylation sites (N-methyl/N-ethyl adjacent to an activating group) is 1. The largest absolute Gasteiger partial charge is 0.480 e. The topological polar surface area (TPSA) is 131 Å². The van der Waals surface area contributed by atoms with Crippen LogP contribution in [0.5, 0.6) is 5.75 Å². The first-order valence-electron chi connectivity index (χ1n) is 14.0. The maximum atomic E-state index is 13.6. The lowest BCUT2D eigenvalue weighted by molar-refractivity contribution is -0.121. The Balaban J connectivity index is 1.34. The molecule has 12 heteroatoms. The lowest BCUT2D eigenvalue weighted by atomic mass is 9.78. The van der Waals surface area contributed by atoms with Crippen LogP contribution in [0.15, 0.2) is 53.5 Å². The zero-order chi connectivity index (χ0) is 29.2. The van der Waals surface area contributed by atoms with Crippen molar-refractivity contribution in [2.75, 3.05) is 37.0 Å². The Morgan fingerprint density at radius 2 is 1.98 bits per heavy atom. The maximum Gasteiger partial charge on any atom is 0.278 e. The summed E-state index contributed by atoms with van der Waals surface area (Å²) in [6.45, 7) is 6.54. The highest BCUT2D eigenvalue weighted by molar-refractivity contribution is 5.97. The van der Waals surface area contributed by atoms with E-state index in [4.69, 9.17) is 14.7 Å². The number of ether oxygens (including phenoxy) is 1. The molecular formula is C30H32N8O4. The van der Waals surface area contributed by atoms with Crippen LogP contribution in [0.3, 0.4) is 0 Å². The molecule has 216 valence electrons. The molecule has 2 N–H and O–H groups in total. The summed E-state index contributed by atoms with van der Waals surface area (Å²) in [6.07, 6.45) is 4.67. The standard InChI is InChI=1S/C30H32N8O4/c1-30(2)17-35(3)14-18-12-19(7-8-22(18)30)32-29-31-13-21-26(34-29)38-24-10-9-23-27(33-24)36(25(40)16-42-23)15-20(39)6-4-5-11-37(38)28(21)41/h4-5,7-10,12-13,20,39H,6,11,14-17H2,1-3H3,(H,31,32,34). The van der Waals surface area contributed by atoms with E-state index in [1.54, 1.807) is 16.8 Å². The van der Waals surface area contributed by atoms with Crippen molar-refractivity contribution in [1.82, 2.24) is 29.2 Å². The van der Waals surface area contributed by atoms with E-state index in [0.717, 1.165) is 18.8 Å². The number of hydrogen-bond donors (Lipinski definition) is 2. The molecule has 6 heterocycles. The molecule has 0 fully saturated rings. The fourth-order valence-electron chi connectivity index (χ4n) is 6.27. The van der Waals surface area contributed by atoms with Gasteiger partial charge in [-0.15, -0.1) is 0 Å². The van der Waals surface area contributed by atoms with Gasteiger partial charge >= 0.3 is 0 Å². The normalized spacial score (nSPS) is 19.9. The Bertz CT molecular complexity index is 1820. The summed E-state index contributed by atoms with van der Waals surface area (Å²) in [7, 11) is 2.13. The molecule has 3 aromatic heterocycles. The smallest absolute Gasteiger partial charge is 0.278 e. The zero-order valence-corrected chi connectivity index (χ0v) is 23.7. The molecule has 4 aromatic rings. The average molecular weight is 569 g/mol. The molecule has 0 aliphatic carbocycles. The van der Waals surface area contributed by atoms with E-state index in [1.807, 2.05) is 18.2 Å². The van der Waals surface area contributed by atoms with E-state index in [2.05, 4.69) is 48.2 Å². The van der Waals surface area contributed by atoms with Crippen LogP contribution in [-0.2, 0) is 23.3 Å². The van der Waals surface area contributed by atoms with Gasteiger partial charge in [-0.2, -0.15) is 4.98 Å². The molecule has 3 aliphatic heterocycles. The molecule has 0 spiro atoms. The quantitative estimate of drug-likeness (QED) is 0.350. The summed E-state index contributed by atoms with van der Waals surface area (Å²) in [4.78, 5) is 44.0. The van der Waals surface area contributed by atoms with E-state index in [1.165, 1.54) is 26.9 Å². The number of allylic oxidation sites excluding steroid dienone is 1. The third-order valence-electron chi connectivity index (χ3n) is 8.07. The number of anilines is 3. The fraction of sp³-hybridized carbons (Fsp3) is 0.367. The van der Waals surface area contributed by atoms with Gasteiger partial charge in [-0.25, -0.2) is 19.3 Å². The Labute approximate surface area is 241 Å². The zero-order valence-electron chi connectivity index (χ0n) is 23.7. The number of aromatic nitrogens is 5. The van der Waals surface area contributed by atoms with E-state index in [-0.39, 0.29) is 36.6 Å². The highest BCUT2D eigenvalue weighted by atomic mass is 16.5. The van der Waals surface area contributed by atoms with Gasteiger partial charge in [0.05, 0.1) is 19.2 Å². The second kappa shape index (κ2) is 9.78. The van der Waals surface area contributed by atoms with Crippen LogP contribution in [0.25, 0.3) is 16.9 Å². The summed E-state index contributed by atoms with van der Waals surface area (Å²) < 4.78 is 8.78. The van der Waals surface area contributed by atoms with Crippen LogP contribution in [-0.4, -0.2) is 73.1 Å². The summed E-state index contributed by atoms with van der Waals surface area (Å²) in [5, 5.41) is 14.2. The molecule has 0 radical (unpaired) electrons. The second-order valence-electron chi connectivity index (χ2n) is 11.8. The van der Waals surface area contributed by atoms with Crippen molar-refractivity contribution in [3.8, 4) is 11.6 Å². The number of aliphatic hydroxyl groups excluding tert-OH is 1. The van der Waals surface area contributed by atoms with Gasteiger partial charge in [0.1, 0.15) is 5.39 Å². The van der Waals surface area contributed by atoms with Crippen LogP contribution in [0, 0.1) is 0 Å². The van der Waals surface area contributed by atoms with Crippen LogP contribution < -0.4 is 20.5 Å². The highest BCUT2D eigenvalue weighted by Crippen LogP contribution is 2.35. The minimum absolute atomic E-state index is 0.0510. The molecule has 1 atom stereocenters. The van der Waals surface area contributed by atoms with Crippen LogP contribution in [0.4, 0.5) is 17.5 Å². The molecule has 7 rings (SSSR count). The van der Waals surface area contributed by atoms with Gasteiger partial charge in [-0.3, -0.25) is 14.5 Å². The van der Waals surface area contributed by atoms with E-state index >= 15 is 0 Å². The second-order valence-corrected chi connectivity index (χ2v) is 11.8. The lowest BCUT2D eigenvalue weighted by Crippen LogP contribution is -2.44. The Hall–Kier alpha value is -4.55. The van der Waals surface area contributed by atoms with Crippen molar-refractivity contribution in [3.05, 3.63) is 70.2 Å². The first kappa shape index (κ1) is 26.4. The van der Waals surface area contributed by atoms with E-state index in [9.17, 15) is 14.7 Å². The minimum atomic E-state index is -0.793. The minimum Gasteiger partial charge on any atom is -0.480 e. The average Bonchev–Trinajstić information content (AvgIpc) is 3.21. The van der Waals surface area contributed by atoms with Crippen LogP contribution in [0.1, 0.15) is 31.4 Å². The van der Waals surface area contributed by atoms with Crippen molar-refractivity contribution in [3.63, 3.8) is 0 Å². The van der Waals surface area contributed by atoms with Gasteiger partial charge < -0.3 is 20.1 Å². The van der Waals surface area contributed by atoms with Gasteiger partial charge in [0, 0.05) is 30.4 Å². The first-order chi connectivity index (χ1) is 20.2. The number of hydrogen-bond acceptors (Lipinski definition) is 9. The SMILES string of the molecule is CN1Cc2cc(Nc3ncc4c(=O)n5n(c4n3)-c3ccc4c(n3)N(CC(O)CC=CC5)C(=O)CO4)ccc2C(C)(C)C1. The molecule has 1 amide bonds. The van der Waals surface area contributed by atoms with Crippen molar-refractivity contribution < 1.29 is 14.6 Å². The molecule has 2 bridgehead atoms. The van der Waals surface area contributed by atoms with Gasteiger partial charge in [0.2, 0.25) is 5.95 Å². The van der Waals surface area contributed by atoms with Crippen molar-refractivity contribution in [2.24, 2.45) is 0 Å². The number of pyridine rings is 1. The van der Waals surface area contributed by atoms with Crippen LogP contribution >= 0.6 is 0 Å². The lowest BCUT2D eigenvalue weighted by Gasteiger charge is -2.38. The summed E-state index contributed by atoms with van der Waals surface area (Å²) in [6, 6.07) is 9.77. The molecular weight excluding hydrogens is 536 g/mol. The summed E-state index contributed by atoms with van der Waals surface area (Å²) >= 11 is 0. The Kier molecular flexibility index (Phi) is 6.13. The fourth-order valence-corrected chi connectivity index (χ4v) is 6.27. The van der Waals surface area contributed by atoms with Gasteiger partial charge in [-0.1, -0.05) is 32.1 Å². The van der Waals surface area contributed by atoms with Crippen LogP contribution in [0.2, 0.25) is 0 Å². The van der Waals surface area contributed by atoms with Gasteiger partial charge in [0.25, 0.3) is 11.5 Å². The first-order valence-corrected chi connectivity index (χ1v) is 14.0. The highest BCUT2D eigenvalue weighted by Gasteiger charge is 2.31. The third kappa shape index (κ3) is 4.43. The van der Waals surface area contributed by atoms with Crippen molar-refractivity contribution in [2.45, 2.75) is 44.9 Å². The Morgan fingerprint density at radius 1 is 1.12 bits per heavy atom. The number of rotatable bonds is 2. The van der Waals surface area contributed by atoms with E-state index in [0.29, 0.717) is 40.8 Å². The molecule has 3 aliphatic rings. The number of carbonyl (C=O) groups excluding carboxylic acids is 1. The molecule has 1 unspecified atom stereocenters. The maximum absolute atomic E-state index is 13.6. The predicted octanol–water partition coefficient (Wildman–Crippen LogP) is 2.49.